The summed E-state index contributed by atoms with van der Waals surface area (Å²) >= 11 is 5.99. The Morgan fingerprint density at radius 3 is 2.83 bits per heavy atom. The predicted octanol–water partition coefficient (Wildman–Crippen LogP) is 2.75. The van der Waals surface area contributed by atoms with Crippen molar-refractivity contribution in [2.75, 3.05) is 31.1 Å². The molecule has 18 heavy (non-hydrogen) atoms. The molecule has 0 atom stereocenters. The molecule has 0 spiro atoms. The van der Waals surface area contributed by atoms with Crippen LogP contribution in [0.5, 0.6) is 0 Å². The Labute approximate surface area is 114 Å². The average molecular weight is 288 g/mol. The molecule has 2 aromatic heterocycles. The van der Waals surface area contributed by atoms with E-state index in [-0.39, 0.29) is 0 Å². The Bertz CT molecular complexity index is 536. The van der Waals surface area contributed by atoms with Crippen LogP contribution >= 0.6 is 21.6 Å². The van der Waals surface area contributed by atoms with Gasteiger partial charge in [-0.15, -0.1) is 0 Å². The predicted molar refractivity (Wildman–Crippen MR) is 78.7 cm³/mol. The molecule has 0 aromatic carbocycles. The summed E-state index contributed by atoms with van der Waals surface area (Å²) in [6, 6.07) is 1.91. The Morgan fingerprint density at radius 1 is 1.33 bits per heavy atom. The Balaban J connectivity index is 1.98. The molecule has 0 fully saturated rings. The number of aromatic nitrogens is 3. The highest BCUT2D eigenvalue weighted by molar-refractivity contribution is 8.32. The van der Waals surface area contributed by atoms with Gasteiger partial charge in [0.1, 0.15) is 23.9 Å². The number of ether oxygens (including phenoxy) is 1. The third kappa shape index (κ3) is 3.37. The summed E-state index contributed by atoms with van der Waals surface area (Å²) in [5.74, 6) is 1.11. The lowest BCUT2D eigenvalue weighted by Crippen LogP contribution is -2.09. The molecular formula is C12H18ClN3OS. The van der Waals surface area contributed by atoms with Crippen LogP contribution in [-0.4, -0.2) is 45.7 Å². The molecule has 0 saturated heterocycles. The zero-order valence-electron chi connectivity index (χ0n) is 10.9. The number of fused-ring (bicyclic) bond motifs is 1. The van der Waals surface area contributed by atoms with Gasteiger partial charge in [0.15, 0.2) is 0 Å². The smallest absolute Gasteiger partial charge is 0.146 e. The normalized spacial score (nSPS) is 13.1. The van der Waals surface area contributed by atoms with E-state index in [2.05, 4.69) is 28.7 Å². The van der Waals surface area contributed by atoms with E-state index < -0.39 is 10.0 Å². The van der Waals surface area contributed by atoms with Crippen LogP contribution in [-0.2, 0) is 11.5 Å². The number of hydrogen-bond donors (Lipinski definition) is 0. The van der Waals surface area contributed by atoms with E-state index in [1.807, 2.05) is 16.8 Å². The van der Waals surface area contributed by atoms with Crippen molar-refractivity contribution >= 4 is 32.7 Å². The quantitative estimate of drug-likeness (QED) is 0.627. The Hall–Kier alpha value is -0.780. The van der Waals surface area contributed by atoms with E-state index in [0.717, 1.165) is 23.4 Å². The van der Waals surface area contributed by atoms with E-state index in [9.17, 15) is 0 Å². The number of rotatable bonds is 5. The van der Waals surface area contributed by atoms with E-state index in [4.69, 9.17) is 16.3 Å². The van der Waals surface area contributed by atoms with Crippen LogP contribution in [0.1, 0.15) is 0 Å². The van der Waals surface area contributed by atoms with Gasteiger partial charge in [0.25, 0.3) is 0 Å². The zero-order chi connectivity index (χ0) is 13.2. The maximum absolute atomic E-state index is 5.99. The molecule has 0 unspecified atom stereocenters. The third-order valence-corrected chi connectivity index (χ3v) is 4.27. The highest BCUT2D eigenvalue weighted by Crippen LogP contribution is 2.33. The van der Waals surface area contributed by atoms with Crippen LogP contribution in [0.25, 0.3) is 11.0 Å². The van der Waals surface area contributed by atoms with Crippen LogP contribution < -0.4 is 0 Å². The minimum absolute atomic E-state index is 0.484. The lowest BCUT2D eigenvalue weighted by Gasteiger charge is -2.24. The molecule has 4 nitrogen and oxygen atoms in total. The summed E-state index contributed by atoms with van der Waals surface area (Å²) in [5, 5.41) is 1.35. The van der Waals surface area contributed by atoms with Crippen LogP contribution in [0.4, 0.5) is 0 Å². The average Bonchev–Trinajstić information content (AvgIpc) is 2.68. The zero-order valence-corrected chi connectivity index (χ0v) is 12.5. The molecule has 100 valence electrons. The first-order chi connectivity index (χ1) is 8.47. The van der Waals surface area contributed by atoms with Gasteiger partial charge in [-0.2, -0.15) is 0 Å². The monoisotopic (exact) mass is 287 g/mol. The minimum Gasteiger partial charge on any atom is -0.360 e. The van der Waals surface area contributed by atoms with Crippen molar-refractivity contribution in [2.24, 2.45) is 0 Å². The van der Waals surface area contributed by atoms with E-state index in [1.165, 1.54) is 6.33 Å². The second-order valence-corrected chi connectivity index (χ2v) is 9.97. The standard InChI is InChI=1S/C12H18ClN3OS/c1-18(2,3)7-6-17-9-16-5-4-10-11(13)14-8-15-12(10)16/h4-5,8H,6-7,9H2,1-3H3. The molecule has 0 aliphatic heterocycles. The fourth-order valence-corrected chi connectivity index (χ4v) is 2.36. The molecular weight excluding hydrogens is 270 g/mol. The van der Waals surface area contributed by atoms with Gasteiger partial charge in [-0.05, 0) is 24.8 Å². The fourth-order valence-electron chi connectivity index (χ4n) is 1.55. The van der Waals surface area contributed by atoms with Crippen molar-refractivity contribution in [2.45, 2.75) is 6.73 Å². The van der Waals surface area contributed by atoms with E-state index in [0.29, 0.717) is 11.9 Å². The number of hydrogen-bond acceptors (Lipinski definition) is 3. The highest BCUT2D eigenvalue weighted by atomic mass is 35.5. The van der Waals surface area contributed by atoms with Gasteiger partial charge >= 0.3 is 0 Å². The Morgan fingerprint density at radius 2 is 2.11 bits per heavy atom. The summed E-state index contributed by atoms with van der Waals surface area (Å²) in [6.45, 7) is 1.28. The highest BCUT2D eigenvalue weighted by Gasteiger charge is 2.07. The molecule has 2 rings (SSSR count). The van der Waals surface area contributed by atoms with Crippen LogP contribution in [0.15, 0.2) is 18.6 Å². The molecule has 0 amide bonds. The Kier molecular flexibility index (Phi) is 4.14. The van der Waals surface area contributed by atoms with Crippen molar-refractivity contribution in [3.05, 3.63) is 23.7 Å². The molecule has 0 radical (unpaired) electrons. The summed E-state index contributed by atoms with van der Waals surface area (Å²) in [4.78, 5) is 8.18. The fraction of sp³-hybridized carbons (Fsp3) is 0.500. The van der Waals surface area contributed by atoms with Gasteiger partial charge in [0, 0.05) is 11.9 Å². The van der Waals surface area contributed by atoms with Gasteiger partial charge < -0.3 is 9.30 Å². The topological polar surface area (TPSA) is 39.9 Å². The van der Waals surface area contributed by atoms with Crippen LogP contribution in [0.2, 0.25) is 5.15 Å². The summed E-state index contributed by atoms with van der Waals surface area (Å²) in [7, 11) is -0.495. The van der Waals surface area contributed by atoms with Gasteiger partial charge in [-0.1, -0.05) is 11.6 Å². The molecule has 0 bridgehead atoms. The van der Waals surface area contributed by atoms with Crippen molar-refractivity contribution in [1.82, 2.24) is 14.5 Å². The number of halogens is 1. The molecule has 0 aliphatic carbocycles. The molecule has 2 heterocycles. The second-order valence-electron chi connectivity index (χ2n) is 5.02. The van der Waals surface area contributed by atoms with Gasteiger partial charge in [0.2, 0.25) is 0 Å². The lowest BCUT2D eigenvalue weighted by molar-refractivity contribution is 0.0923. The maximum atomic E-state index is 5.99. The number of nitrogens with zero attached hydrogens (tertiary/aromatic N) is 3. The molecule has 0 N–H and O–H groups in total. The van der Waals surface area contributed by atoms with Gasteiger partial charge in [-0.25, -0.2) is 20.0 Å². The van der Waals surface area contributed by atoms with Crippen molar-refractivity contribution in [3.63, 3.8) is 0 Å². The van der Waals surface area contributed by atoms with Crippen LogP contribution in [0, 0.1) is 0 Å². The van der Waals surface area contributed by atoms with Crippen LogP contribution in [0.3, 0.4) is 0 Å². The van der Waals surface area contributed by atoms with Crippen molar-refractivity contribution < 1.29 is 4.74 Å². The van der Waals surface area contributed by atoms with Gasteiger partial charge in [0.05, 0.1) is 12.0 Å². The molecule has 0 aliphatic rings. The maximum Gasteiger partial charge on any atom is 0.146 e. The second kappa shape index (κ2) is 5.47. The largest absolute Gasteiger partial charge is 0.360 e. The summed E-state index contributed by atoms with van der Waals surface area (Å²) < 4.78 is 7.63. The molecule has 2 aromatic rings. The molecule has 0 saturated carbocycles. The summed E-state index contributed by atoms with van der Waals surface area (Å²) in [5.41, 5.74) is 0.818. The van der Waals surface area contributed by atoms with E-state index in [1.54, 1.807) is 0 Å². The first-order valence-electron chi connectivity index (χ1n) is 5.66. The first-order valence-corrected chi connectivity index (χ1v) is 9.07. The van der Waals surface area contributed by atoms with Crippen molar-refractivity contribution in [1.29, 1.82) is 0 Å². The van der Waals surface area contributed by atoms with E-state index >= 15 is 0 Å². The minimum atomic E-state index is -0.495. The van der Waals surface area contributed by atoms with Crippen molar-refractivity contribution in [3.8, 4) is 0 Å². The first kappa shape index (κ1) is 13.6. The molecule has 6 heteroatoms. The summed E-state index contributed by atoms with van der Waals surface area (Å²) in [6.07, 6.45) is 10.3. The van der Waals surface area contributed by atoms with Gasteiger partial charge in [-0.3, -0.25) is 0 Å². The SMILES string of the molecule is CS(C)(C)CCOCn1ccc2c(Cl)ncnc21. The third-order valence-electron chi connectivity index (χ3n) is 2.58. The lowest BCUT2D eigenvalue weighted by atomic mass is 10.4.